The molecule has 148 valence electrons. The molecule has 0 aromatic heterocycles. The number of aryl methyl sites for hydroxylation is 1. The molecule has 1 amide bonds. The highest BCUT2D eigenvalue weighted by atomic mass is 32.2. The van der Waals surface area contributed by atoms with Crippen LogP contribution in [0.1, 0.15) is 29.3 Å². The summed E-state index contributed by atoms with van der Waals surface area (Å²) in [6, 6.07) is 13.5. The summed E-state index contributed by atoms with van der Waals surface area (Å²) in [5.41, 5.74) is 2.16. The lowest BCUT2D eigenvalue weighted by atomic mass is 10.2. The van der Waals surface area contributed by atoms with Gasteiger partial charge in [-0.3, -0.25) is 9.10 Å². The molecule has 1 heterocycles. The van der Waals surface area contributed by atoms with E-state index in [1.54, 1.807) is 24.3 Å². The Hall–Kier alpha value is -2.87. The van der Waals surface area contributed by atoms with Crippen molar-refractivity contribution in [3.63, 3.8) is 0 Å². The highest BCUT2D eigenvalue weighted by Gasteiger charge is 2.29. The van der Waals surface area contributed by atoms with Gasteiger partial charge in [-0.15, -0.1) is 0 Å². The molecule has 8 heteroatoms. The van der Waals surface area contributed by atoms with Crippen molar-refractivity contribution in [1.29, 1.82) is 0 Å². The summed E-state index contributed by atoms with van der Waals surface area (Å²) in [6.07, 6.45) is -0.459. The molecule has 0 spiro atoms. The van der Waals surface area contributed by atoms with E-state index >= 15 is 0 Å². The molecule has 1 saturated heterocycles. The molecular weight excluding hydrogens is 380 g/mol. The van der Waals surface area contributed by atoms with E-state index in [-0.39, 0.29) is 11.3 Å². The Bertz CT molecular complexity index is 1000. The zero-order valence-corrected chi connectivity index (χ0v) is 16.5. The second-order valence-corrected chi connectivity index (χ2v) is 8.66. The molecular formula is C20H22N2O5S. The lowest BCUT2D eigenvalue weighted by Gasteiger charge is -2.18. The third kappa shape index (κ3) is 4.33. The maximum atomic E-state index is 12.4. The first-order chi connectivity index (χ1) is 13.3. The molecule has 2 aromatic rings. The van der Waals surface area contributed by atoms with E-state index in [1.807, 2.05) is 19.1 Å². The predicted octanol–water partition coefficient (Wildman–Crippen LogP) is 2.72. The minimum Gasteiger partial charge on any atom is -0.449 e. The number of nitrogens with one attached hydrogen (secondary N) is 1. The first-order valence-corrected chi connectivity index (χ1v) is 10.6. The third-order valence-electron chi connectivity index (χ3n) is 4.53. The average Bonchev–Trinajstić information content (AvgIpc) is 3.02. The molecule has 7 nitrogen and oxygen atoms in total. The second-order valence-electron chi connectivity index (χ2n) is 6.64. The summed E-state index contributed by atoms with van der Waals surface area (Å²) in [7, 11) is -3.34. The van der Waals surface area contributed by atoms with Crippen molar-refractivity contribution in [3.8, 4) is 0 Å². The maximum absolute atomic E-state index is 12.4. The number of carbonyl (C=O) groups is 2. The van der Waals surface area contributed by atoms with E-state index in [1.165, 1.54) is 23.4 Å². The van der Waals surface area contributed by atoms with Crippen molar-refractivity contribution in [2.24, 2.45) is 0 Å². The van der Waals surface area contributed by atoms with Gasteiger partial charge in [0.25, 0.3) is 5.91 Å². The van der Waals surface area contributed by atoms with Gasteiger partial charge < -0.3 is 10.1 Å². The van der Waals surface area contributed by atoms with Crippen LogP contribution in [0.2, 0.25) is 0 Å². The Morgan fingerprint density at radius 3 is 2.57 bits per heavy atom. The number of carbonyl (C=O) groups excluding carboxylic acids is 2. The van der Waals surface area contributed by atoms with Crippen LogP contribution in [-0.4, -0.2) is 38.7 Å². The molecule has 0 aliphatic carbocycles. The van der Waals surface area contributed by atoms with E-state index in [4.69, 9.17) is 4.74 Å². The fraction of sp³-hybridized carbons (Fsp3) is 0.300. The van der Waals surface area contributed by atoms with Crippen molar-refractivity contribution in [2.75, 3.05) is 21.9 Å². The van der Waals surface area contributed by atoms with E-state index in [0.29, 0.717) is 24.3 Å². The first kappa shape index (κ1) is 19.9. The summed E-state index contributed by atoms with van der Waals surface area (Å²) >= 11 is 0. The quantitative estimate of drug-likeness (QED) is 0.777. The number of nitrogens with zero attached hydrogens (tertiary/aromatic N) is 1. The zero-order chi connectivity index (χ0) is 20.3. The van der Waals surface area contributed by atoms with Crippen LogP contribution in [0.3, 0.4) is 0 Å². The molecule has 3 rings (SSSR count). The molecule has 28 heavy (non-hydrogen) atoms. The minimum absolute atomic E-state index is 0.0950. The van der Waals surface area contributed by atoms with Crippen LogP contribution in [0.15, 0.2) is 48.5 Å². The van der Waals surface area contributed by atoms with E-state index < -0.39 is 28.0 Å². The predicted molar refractivity (Wildman–Crippen MR) is 107 cm³/mol. The van der Waals surface area contributed by atoms with Crippen LogP contribution in [-0.2, 0) is 19.6 Å². The number of sulfonamides is 1. The van der Waals surface area contributed by atoms with Crippen molar-refractivity contribution in [2.45, 2.75) is 26.4 Å². The lowest BCUT2D eigenvalue weighted by Crippen LogP contribution is -2.30. The smallest absolute Gasteiger partial charge is 0.338 e. The fourth-order valence-corrected chi connectivity index (χ4v) is 4.50. The van der Waals surface area contributed by atoms with E-state index in [0.717, 1.165) is 5.56 Å². The van der Waals surface area contributed by atoms with Gasteiger partial charge in [0.2, 0.25) is 10.0 Å². The Kier molecular flexibility index (Phi) is 5.69. The van der Waals surface area contributed by atoms with Gasteiger partial charge in [-0.05, 0) is 50.1 Å². The van der Waals surface area contributed by atoms with E-state index in [9.17, 15) is 18.0 Å². The number of hydrogen-bond acceptors (Lipinski definition) is 5. The van der Waals surface area contributed by atoms with Crippen molar-refractivity contribution >= 4 is 33.3 Å². The van der Waals surface area contributed by atoms with E-state index in [2.05, 4.69) is 5.32 Å². The Balaban J connectivity index is 1.68. The SMILES string of the molecule is Cc1ccccc1NC(=O)C(C)OC(=O)c1cccc(N2CCCS2(=O)=O)c1. The number of benzene rings is 2. The lowest BCUT2D eigenvalue weighted by molar-refractivity contribution is -0.123. The number of rotatable bonds is 5. The van der Waals surface area contributed by atoms with Crippen LogP contribution in [0.5, 0.6) is 0 Å². The Morgan fingerprint density at radius 1 is 1.14 bits per heavy atom. The standard InChI is InChI=1S/C20H22N2O5S/c1-14-7-3-4-10-18(14)21-19(23)15(2)27-20(24)16-8-5-9-17(13-16)22-11-6-12-28(22,25)26/h3-5,7-10,13,15H,6,11-12H2,1-2H3,(H,21,23). The summed E-state index contributed by atoms with van der Waals surface area (Å²) in [4.78, 5) is 24.8. The van der Waals surface area contributed by atoms with Gasteiger partial charge in [-0.25, -0.2) is 13.2 Å². The van der Waals surface area contributed by atoms with Gasteiger partial charge in [-0.2, -0.15) is 0 Å². The topological polar surface area (TPSA) is 92.8 Å². The van der Waals surface area contributed by atoms with Gasteiger partial charge in [0.05, 0.1) is 17.0 Å². The van der Waals surface area contributed by atoms with Crippen LogP contribution >= 0.6 is 0 Å². The molecule has 1 unspecified atom stereocenters. The molecule has 1 atom stereocenters. The van der Waals surface area contributed by atoms with Gasteiger partial charge in [-0.1, -0.05) is 24.3 Å². The van der Waals surface area contributed by atoms with Gasteiger partial charge >= 0.3 is 5.97 Å². The molecule has 0 saturated carbocycles. The van der Waals surface area contributed by atoms with Crippen molar-refractivity contribution < 1.29 is 22.7 Å². The van der Waals surface area contributed by atoms with Crippen molar-refractivity contribution in [3.05, 3.63) is 59.7 Å². The largest absolute Gasteiger partial charge is 0.449 e. The third-order valence-corrected chi connectivity index (χ3v) is 6.39. The Morgan fingerprint density at radius 2 is 1.89 bits per heavy atom. The number of esters is 1. The molecule has 1 aliphatic heterocycles. The fourth-order valence-electron chi connectivity index (χ4n) is 2.95. The highest BCUT2D eigenvalue weighted by Crippen LogP contribution is 2.25. The van der Waals surface area contributed by atoms with Gasteiger partial charge in [0.15, 0.2) is 6.10 Å². The molecule has 2 aromatic carbocycles. The van der Waals surface area contributed by atoms with Crippen molar-refractivity contribution in [1.82, 2.24) is 0 Å². The molecule has 1 N–H and O–H groups in total. The average molecular weight is 402 g/mol. The molecule has 1 fully saturated rings. The number of ether oxygens (including phenoxy) is 1. The highest BCUT2D eigenvalue weighted by molar-refractivity contribution is 7.93. The number of amides is 1. The number of anilines is 2. The molecule has 0 bridgehead atoms. The van der Waals surface area contributed by atoms with Crippen LogP contribution < -0.4 is 9.62 Å². The summed E-state index contributed by atoms with van der Waals surface area (Å²) in [5.74, 6) is -1.04. The monoisotopic (exact) mass is 402 g/mol. The Labute approximate surface area is 164 Å². The number of para-hydroxylation sites is 1. The molecule has 0 radical (unpaired) electrons. The minimum atomic E-state index is -3.34. The normalized spacial score (nSPS) is 16.4. The molecule has 1 aliphatic rings. The van der Waals surface area contributed by atoms with Crippen LogP contribution in [0, 0.1) is 6.92 Å². The summed E-state index contributed by atoms with van der Waals surface area (Å²) in [6.45, 7) is 3.74. The van der Waals surface area contributed by atoms with Crippen LogP contribution in [0.25, 0.3) is 0 Å². The summed E-state index contributed by atoms with van der Waals surface area (Å²) < 4.78 is 30.7. The summed E-state index contributed by atoms with van der Waals surface area (Å²) in [5, 5.41) is 2.73. The van der Waals surface area contributed by atoms with Gasteiger partial charge in [0, 0.05) is 12.2 Å². The second kappa shape index (κ2) is 8.02. The maximum Gasteiger partial charge on any atom is 0.338 e. The van der Waals surface area contributed by atoms with Crippen LogP contribution in [0.4, 0.5) is 11.4 Å². The zero-order valence-electron chi connectivity index (χ0n) is 15.7. The first-order valence-electron chi connectivity index (χ1n) is 8.96. The van der Waals surface area contributed by atoms with Gasteiger partial charge in [0.1, 0.15) is 0 Å². The number of hydrogen-bond donors (Lipinski definition) is 1.